The Morgan fingerprint density at radius 3 is 2.62 bits per heavy atom. The fraction of sp³-hybridized carbons (Fsp3) is 0.600. The van der Waals surface area contributed by atoms with E-state index in [1.165, 1.54) is 0 Å². The first-order valence-electron chi connectivity index (χ1n) is 7.36. The van der Waals surface area contributed by atoms with Gasteiger partial charge in [0.05, 0.1) is 30.7 Å². The number of ether oxygens (including phenoxy) is 1. The van der Waals surface area contributed by atoms with E-state index in [2.05, 4.69) is 42.4 Å². The fourth-order valence-electron chi connectivity index (χ4n) is 2.68. The van der Waals surface area contributed by atoms with Crippen molar-refractivity contribution in [3.05, 3.63) is 29.3 Å². The van der Waals surface area contributed by atoms with Gasteiger partial charge < -0.3 is 10.1 Å². The maximum Gasteiger partial charge on any atom is 0.162 e. The van der Waals surface area contributed by atoms with E-state index in [9.17, 15) is 0 Å². The van der Waals surface area contributed by atoms with Crippen LogP contribution in [0.3, 0.4) is 0 Å². The van der Waals surface area contributed by atoms with Crippen molar-refractivity contribution in [1.82, 2.24) is 24.9 Å². The third kappa shape index (κ3) is 2.81. The van der Waals surface area contributed by atoms with E-state index >= 15 is 0 Å². The average Bonchev–Trinajstić information content (AvgIpc) is 3.03. The van der Waals surface area contributed by atoms with Crippen LogP contribution in [-0.4, -0.2) is 33.7 Å². The number of aryl methyl sites for hydroxylation is 2. The maximum absolute atomic E-state index is 5.51. The third-order valence-electron chi connectivity index (χ3n) is 3.60. The van der Waals surface area contributed by atoms with Gasteiger partial charge in [0.2, 0.25) is 0 Å². The summed E-state index contributed by atoms with van der Waals surface area (Å²) in [5, 5.41) is 12.4. The van der Waals surface area contributed by atoms with E-state index in [1.807, 2.05) is 23.3 Å². The summed E-state index contributed by atoms with van der Waals surface area (Å²) in [4.78, 5) is 0. The summed E-state index contributed by atoms with van der Waals surface area (Å²) in [6.45, 7) is 9.18. The average molecular weight is 291 g/mol. The Balaban J connectivity index is 2.58. The lowest BCUT2D eigenvalue weighted by Crippen LogP contribution is -2.25. The Hall–Kier alpha value is -1.82. The normalized spacial score (nSPS) is 12.9. The van der Waals surface area contributed by atoms with Crippen molar-refractivity contribution in [2.75, 3.05) is 14.2 Å². The molecule has 0 aliphatic rings. The summed E-state index contributed by atoms with van der Waals surface area (Å²) in [5.41, 5.74) is 3.17. The van der Waals surface area contributed by atoms with Crippen LogP contribution in [0.15, 0.2) is 12.3 Å². The molecule has 116 valence electrons. The molecule has 0 spiro atoms. The Morgan fingerprint density at radius 1 is 1.38 bits per heavy atom. The first kappa shape index (κ1) is 15.6. The molecule has 0 radical (unpaired) electrons. The molecular weight excluding hydrogens is 266 g/mol. The predicted molar refractivity (Wildman–Crippen MR) is 82.7 cm³/mol. The minimum atomic E-state index is -0.00833. The number of hydrogen-bond donors (Lipinski definition) is 1. The van der Waals surface area contributed by atoms with Gasteiger partial charge in [-0.3, -0.25) is 9.36 Å². The van der Waals surface area contributed by atoms with E-state index < -0.39 is 0 Å². The Bertz CT molecular complexity index is 599. The van der Waals surface area contributed by atoms with Crippen molar-refractivity contribution >= 4 is 0 Å². The lowest BCUT2D eigenvalue weighted by atomic mass is 10.1. The molecule has 0 saturated carbocycles. The van der Waals surface area contributed by atoms with Crippen molar-refractivity contribution in [2.45, 2.75) is 46.3 Å². The van der Waals surface area contributed by atoms with Crippen LogP contribution < -0.4 is 10.1 Å². The molecule has 1 atom stereocenters. The Morgan fingerprint density at radius 2 is 2.10 bits per heavy atom. The van der Waals surface area contributed by atoms with Crippen molar-refractivity contribution in [3.63, 3.8) is 0 Å². The molecule has 21 heavy (non-hydrogen) atoms. The van der Waals surface area contributed by atoms with Crippen LogP contribution >= 0.6 is 0 Å². The van der Waals surface area contributed by atoms with Crippen LogP contribution in [0.2, 0.25) is 0 Å². The molecule has 6 heteroatoms. The number of hydrogen-bond acceptors (Lipinski definition) is 4. The Labute approximate surface area is 126 Å². The number of nitrogens with zero attached hydrogens (tertiary/aromatic N) is 4. The van der Waals surface area contributed by atoms with Gasteiger partial charge in [0.25, 0.3) is 0 Å². The molecule has 0 amide bonds. The largest absolute Gasteiger partial charge is 0.493 e. The van der Waals surface area contributed by atoms with E-state index in [4.69, 9.17) is 4.74 Å². The van der Waals surface area contributed by atoms with Gasteiger partial charge in [-0.1, -0.05) is 0 Å². The summed E-state index contributed by atoms with van der Waals surface area (Å²) in [7, 11) is 3.63. The molecule has 0 fully saturated rings. The topological polar surface area (TPSA) is 56.9 Å². The number of nitrogens with one attached hydrogen (secondary N) is 1. The zero-order valence-electron chi connectivity index (χ0n) is 13.7. The molecule has 2 aromatic heterocycles. The first-order valence-corrected chi connectivity index (χ1v) is 7.36. The first-order chi connectivity index (χ1) is 10.0. The van der Waals surface area contributed by atoms with Crippen LogP contribution in [0.25, 0.3) is 0 Å². The second-order valence-electron chi connectivity index (χ2n) is 5.38. The highest BCUT2D eigenvalue weighted by molar-refractivity contribution is 5.35. The smallest absolute Gasteiger partial charge is 0.162 e. The number of rotatable bonds is 6. The van der Waals surface area contributed by atoms with Gasteiger partial charge in [0.1, 0.15) is 5.69 Å². The van der Waals surface area contributed by atoms with Crippen LogP contribution in [0, 0.1) is 6.92 Å². The molecule has 0 aliphatic carbocycles. The monoisotopic (exact) mass is 291 g/mol. The van der Waals surface area contributed by atoms with Crippen molar-refractivity contribution < 1.29 is 4.74 Å². The van der Waals surface area contributed by atoms with Gasteiger partial charge in [-0.25, -0.2) is 0 Å². The summed E-state index contributed by atoms with van der Waals surface area (Å²) in [5.74, 6) is 0.796. The van der Waals surface area contributed by atoms with Crippen LogP contribution in [-0.2, 0) is 6.54 Å². The number of aromatic nitrogens is 4. The standard InChI is InChI=1S/C15H25N5O/c1-7-19-12(8-11(4)18-19)14(16-5)15-13(21-6)9-17-20(15)10(2)3/h8-10,14,16H,7H2,1-6H3. The van der Waals surface area contributed by atoms with Gasteiger partial charge >= 0.3 is 0 Å². The predicted octanol–water partition coefficient (Wildman–Crippen LogP) is 2.31. The second kappa shape index (κ2) is 6.30. The number of methoxy groups -OCH3 is 1. The molecule has 0 aliphatic heterocycles. The summed E-state index contributed by atoms with van der Waals surface area (Å²) in [6, 6.07) is 2.37. The third-order valence-corrected chi connectivity index (χ3v) is 3.60. The highest BCUT2D eigenvalue weighted by atomic mass is 16.5. The summed E-state index contributed by atoms with van der Waals surface area (Å²) >= 11 is 0. The van der Waals surface area contributed by atoms with Gasteiger partial charge in [-0.05, 0) is 40.8 Å². The summed E-state index contributed by atoms with van der Waals surface area (Å²) < 4.78 is 9.53. The molecule has 1 N–H and O–H groups in total. The minimum Gasteiger partial charge on any atom is -0.493 e. The van der Waals surface area contributed by atoms with Gasteiger partial charge in [0.15, 0.2) is 5.75 Å². The second-order valence-corrected chi connectivity index (χ2v) is 5.38. The van der Waals surface area contributed by atoms with Crippen LogP contribution in [0.5, 0.6) is 5.75 Å². The van der Waals surface area contributed by atoms with Crippen LogP contribution in [0.1, 0.15) is 49.9 Å². The highest BCUT2D eigenvalue weighted by Crippen LogP contribution is 2.32. The zero-order chi connectivity index (χ0) is 15.6. The summed E-state index contributed by atoms with van der Waals surface area (Å²) in [6.07, 6.45) is 1.78. The minimum absolute atomic E-state index is 0.00833. The van der Waals surface area contributed by atoms with Gasteiger partial charge in [0, 0.05) is 12.6 Å². The lowest BCUT2D eigenvalue weighted by Gasteiger charge is -2.21. The molecular formula is C15H25N5O. The SMILES string of the molecule is CCn1nc(C)cc1C(NC)c1c(OC)cnn1C(C)C. The van der Waals surface area contributed by atoms with E-state index in [-0.39, 0.29) is 12.1 Å². The van der Waals surface area contributed by atoms with Gasteiger partial charge in [-0.15, -0.1) is 0 Å². The molecule has 1 unspecified atom stereocenters. The molecule has 2 heterocycles. The van der Waals surface area contributed by atoms with E-state index in [0.29, 0.717) is 0 Å². The Kier molecular flexibility index (Phi) is 4.67. The van der Waals surface area contributed by atoms with Gasteiger partial charge in [-0.2, -0.15) is 10.2 Å². The van der Waals surface area contributed by atoms with Crippen molar-refractivity contribution in [1.29, 1.82) is 0 Å². The zero-order valence-corrected chi connectivity index (χ0v) is 13.7. The molecule has 2 rings (SSSR count). The highest BCUT2D eigenvalue weighted by Gasteiger charge is 2.26. The molecule has 6 nitrogen and oxygen atoms in total. The molecule has 0 saturated heterocycles. The fourth-order valence-corrected chi connectivity index (χ4v) is 2.68. The van der Waals surface area contributed by atoms with Crippen molar-refractivity contribution in [3.8, 4) is 5.75 Å². The van der Waals surface area contributed by atoms with E-state index in [1.54, 1.807) is 13.3 Å². The lowest BCUT2D eigenvalue weighted by molar-refractivity contribution is 0.393. The maximum atomic E-state index is 5.51. The molecule has 2 aromatic rings. The van der Waals surface area contributed by atoms with E-state index in [0.717, 1.165) is 29.4 Å². The van der Waals surface area contributed by atoms with Crippen LogP contribution in [0.4, 0.5) is 0 Å². The molecule has 0 bridgehead atoms. The van der Waals surface area contributed by atoms with Crippen molar-refractivity contribution in [2.24, 2.45) is 0 Å². The quantitative estimate of drug-likeness (QED) is 0.887. The molecule has 0 aromatic carbocycles.